The van der Waals surface area contributed by atoms with Crippen LogP contribution in [0.25, 0.3) is 10.9 Å². The molecule has 0 aliphatic heterocycles. The largest absolute Gasteiger partial charge is 0.497 e. The summed E-state index contributed by atoms with van der Waals surface area (Å²) in [5.41, 5.74) is 0.0839. The van der Waals surface area contributed by atoms with Crippen molar-refractivity contribution in [3.8, 4) is 11.5 Å². The van der Waals surface area contributed by atoms with Gasteiger partial charge < -0.3 is 13.9 Å². The van der Waals surface area contributed by atoms with E-state index in [1.54, 1.807) is 19.2 Å². The quantitative estimate of drug-likeness (QED) is 0.811. The average Bonchev–Trinajstić information content (AvgIpc) is 2.36. The Bertz CT molecular complexity index is 598. The van der Waals surface area contributed by atoms with E-state index in [0.717, 1.165) is 0 Å². The molecule has 0 saturated heterocycles. The van der Waals surface area contributed by atoms with Gasteiger partial charge in [0, 0.05) is 18.6 Å². The van der Waals surface area contributed by atoms with E-state index in [9.17, 15) is 4.79 Å². The summed E-state index contributed by atoms with van der Waals surface area (Å²) in [5.74, 6) is 1.40. The lowest BCUT2D eigenvalue weighted by molar-refractivity contribution is 0.394. The monoisotopic (exact) mass is 235 g/mol. The van der Waals surface area contributed by atoms with E-state index in [0.29, 0.717) is 34.7 Å². The number of fused-ring (bicyclic) bond motifs is 1. The van der Waals surface area contributed by atoms with E-state index in [1.807, 2.05) is 6.92 Å². The second-order valence-electron chi connectivity index (χ2n) is 3.47. The van der Waals surface area contributed by atoms with Crippen molar-refractivity contribution in [3.05, 3.63) is 28.4 Å². The van der Waals surface area contributed by atoms with E-state index in [2.05, 4.69) is 4.98 Å². The van der Waals surface area contributed by atoms with Crippen molar-refractivity contribution in [2.75, 3.05) is 14.2 Å². The Morgan fingerprint density at radius 3 is 2.65 bits per heavy atom. The highest BCUT2D eigenvalue weighted by molar-refractivity contribution is 5.85. The Morgan fingerprint density at radius 1 is 1.29 bits per heavy atom. The van der Waals surface area contributed by atoms with Crippen LogP contribution in [0.3, 0.4) is 0 Å². The summed E-state index contributed by atoms with van der Waals surface area (Å²) < 4.78 is 15.3. The van der Waals surface area contributed by atoms with Gasteiger partial charge in [0.1, 0.15) is 16.9 Å². The van der Waals surface area contributed by atoms with E-state index in [-0.39, 0.29) is 0 Å². The SMILES string of the molecule is CCc1nc2cc(OC)cc(OC)c2c(=O)o1. The molecule has 0 bridgehead atoms. The number of nitrogens with zero attached hydrogens (tertiary/aromatic N) is 1. The van der Waals surface area contributed by atoms with Crippen LogP contribution >= 0.6 is 0 Å². The zero-order valence-corrected chi connectivity index (χ0v) is 9.94. The lowest BCUT2D eigenvalue weighted by atomic mass is 10.2. The van der Waals surface area contributed by atoms with Crippen LogP contribution in [-0.2, 0) is 6.42 Å². The standard InChI is InChI=1S/C12H13NO4/c1-4-10-13-8-5-7(15-2)6-9(16-3)11(8)12(14)17-10/h5-6H,4H2,1-3H3. The first kappa shape index (κ1) is 11.4. The van der Waals surface area contributed by atoms with E-state index in [4.69, 9.17) is 13.9 Å². The Kier molecular flexibility index (Phi) is 2.99. The first-order valence-corrected chi connectivity index (χ1v) is 5.25. The van der Waals surface area contributed by atoms with E-state index < -0.39 is 5.63 Å². The van der Waals surface area contributed by atoms with Crippen LogP contribution in [0.2, 0.25) is 0 Å². The van der Waals surface area contributed by atoms with Crippen molar-refractivity contribution in [1.29, 1.82) is 0 Å². The summed E-state index contributed by atoms with van der Waals surface area (Å²) in [6.45, 7) is 1.87. The van der Waals surface area contributed by atoms with Crippen LogP contribution in [0.5, 0.6) is 11.5 Å². The van der Waals surface area contributed by atoms with Gasteiger partial charge in [-0.15, -0.1) is 0 Å². The van der Waals surface area contributed by atoms with E-state index >= 15 is 0 Å². The van der Waals surface area contributed by atoms with Gasteiger partial charge >= 0.3 is 5.63 Å². The number of ether oxygens (including phenoxy) is 2. The highest BCUT2D eigenvalue weighted by Gasteiger charge is 2.12. The van der Waals surface area contributed by atoms with Crippen LogP contribution in [-0.4, -0.2) is 19.2 Å². The van der Waals surface area contributed by atoms with Crippen molar-refractivity contribution in [2.45, 2.75) is 13.3 Å². The van der Waals surface area contributed by atoms with Gasteiger partial charge in [-0.2, -0.15) is 0 Å². The van der Waals surface area contributed by atoms with Gasteiger partial charge in [0.15, 0.2) is 5.89 Å². The summed E-state index contributed by atoms with van der Waals surface area (Å²) in [4.78, 5) is 16.1. The summed E-state index contributed by atoms with van der Waals surface area (Å²) >= 11 is 0. The lowest BCUT2D eigenvalue weighted by Gasteiger charge is -2.07. The number of aryl methyl sites for hydroxylation is 1. The normalized spacial score (nSPS) is 10.5. The lowest BCUT2D eigenvalue weighted by Crippen LogP contribution is -2.06. The second-order valence-corrected chi connectivity index (χ2v) is 3.47. The summed E-state index contributed by atoms with van der Waals surface area (Å²) in [5, 5.41) is 0.338. The fourth-order valence-electron chi connectivity index (χ4n) is 1.61. The Hall–Kier alpha value is -2.04. The van der Waals surface area contributed by atoms with Crippen molar-refractivity contribution >= 4 is 10.9 Å². The third kappa shape index (κ3) is 1.95. The minimum atomic E-state index is -0.439. The third-order valence-electron chi connectivity index (χ3n) is 2.47. The maximum absolute atomic E-state index is 11.8. The second kappa shape index (κ2) is 4.45. The molecule has 5 nitrogen and oxygen atoms in total. The maximum Gasteiger partial charge on any atom is 0.350 e. The molecule has 5 heteroatoms. The number of hydrogen-bond acceptors (Lipinski definition) is 5. The van der Waals surface area contributed by atoms with Crippen molar-refractivity contribution in [3.63, 3.8) is 0 Å². The van der Waals surface area contributed by atoms with Gasteiger partial charge in [-0.05, 0) is 0 Å². The maximum atomic E-state index is 11.8. The number of aromatic nitrogens is 1. The first-order valence-electron chi connectivity index (χ1n) is 5.25. The van der Waals surface area contributed by atoms with Crippen LogP contribution in [0.1, 0.15) is 12.8 Å². The molecule has 17 heavy (non-hydrogen) atoms. The van der Waals surface area contributed by atoms with Gasteiger partial charge in [0.05, 0.1) is 19.7 Å². The topological polar surface area (TPSA) is 61.6 Å². The molecule has 0 N–H and O–H groups in total. The molecule has 2 rings (SSSR count). The molecule has 1 aromatic heterocycles. The van der Waals surface area contributed by atoms with Crippen molar-refractivity contribution in [2.24, 2.45) is 0 Å². The zero-order chi connectivity index (χ0) is 12.4. The van der Waals surface area contributed by atoms with Crippen molar-refractivity contribution in [1.82, 2.24) is 4.98 Å². The van der Waals surface area contributed by atoms with Crippen LogP contribution in [0.4, 0.5) is 0 Å². The van der Waals surface area contributed by atoms with Crippen LogP contribution < -0.4 is 15.1 Å². The third-order valence-corrected chi connectivity index (χ3v) is 2.47. The molecule has 2 aromatic rings. The van der Waals surface area contributed by atoms with Crippen molar-refractivity contribution < 1.29 is 13.9 Å². The number of benzene rings is 1. The molecule has 1 heterocycles. The zero-order valence-electron chi connectivity index (χ0n) is 9.94. The molecule has 0 saturated carbocycles. The molecule has 0 radical (unpaired) electrons. The van der Waals surface area contributed by atoms with Crippen LogP contribution in [0, 0.1) is 0 Å². The molecular weight excluding hydrogens is 222 g/mol. The number of hydrogen-bond donors (Lipinski definition) is 0. The Balaban J connectivity index is 2.84. The Labute approximate surface area is 98.0 Å². The number of rotatable bonds is 3. The fraction of sp³-hybridized carbons (Fsp3) is 0.333. The van der Waals surface area contributed by atoms with Crippen LogP contribution in [0.15, 0.2) is 21.3 Å². The van der Waals surface area contributed by atoms with Gasteiger partial charge in [0.2, 0.25) is 0 Å². The van der Waals surface area contributed by atoms with Gasteiger partial charge in [0.25, 0.3) is 0 Å². The molecule has 0 atom stereocenters. The van der Waals surface area contributed by atoms with Gasteiger partial charge in [-0.3, -0.25) is 0 Å². The fourth-order valence-corrected chi connectivity index (χ4v) is 1.61. The Morgan fingerprint density at radius 2 is 2.06 bits per heavy atom. The minimum absolute atomic E-state index is 0.338. The molecule has 0 fully saturated rings. The summed E-state index contributed by atoms with van der Waals surface area (Å²) in [6.07, 6.45) is 0.560. The minimum Gasteiger partial charge on any atom is -0.497 e. The summed E-state index contributed by atoms with van der Waals surface area (Å²) in [7, 11) is 3.04. The number of methoxy groups -OCH3 is 2. The molecule has 0 amide bonds. The van der Waals surface area contributed by atoms with Gasteiger partial charge in [-0.25, -0.2) is 9.78 Å². The highest BCUT2D eigenvalue weighted by Crippen LogP contribution is 2.27. The average molecular weight is 235 g/mol. The molecule has 1 aromatic carbocycles. The molecule has 0 aliphatic rings. The first-order chi connectivity index (χ1) is 8.19. The van der Waals surface area contributed by atoms with Gasteiger partial charge in [-0.1, -0.05) is 6.92 Å². The predicted molar refractivity (Wildman–Crippen MR) is 62.8 cm³/mol. The molecular formula is C12H13NO4. The molecule has 0 unspecified atom stereocenters. The van der Waals surface area contributed by atoms with E-state index in [1.165, 1.54) is 7.11 Å². The summed E-state index contributed by atoms with van der Waals surface area (Å²) in [6, 6.07) is 3.32. The highest BCUT2D eigenvalue weighted by atomic mass is 16.5. The molecule has 90 valence electrons. The molecule has 0 spiro atoms. The predicted octanol–water partition coefficient (Wildman–Crippen LogP) is 1.77. The molecule has 0 aliphatic carbocycles. The smallest absolute Gasteiger partial charge is 0.350 e.